The summed E-state index contributed by atoms with van der Waals surface area (Å²) in [7, 11) is 0. The van der Waals surface area contributed by atoms with Crippen molar-refractivity contribution >= 4 is 17.7 Å². The average molecular weight is 319 g/mol. The maximum absolute atomic E-state index is 12.6. The van der Waals surface area contributed by atoms with Crippen LogP contribution in [0.1, 0.15) is 45.6 Å². The first-order valence-electron chi connectivity index (χ1n) is 7.99. The predicted molar refractivity (Wildman–Crippen MR) is 88.2 cm³/mol. The first-order chi connectivity index (χ1) is 10.8. The number of likely N-dealkylation sites (tertiary alicyclic amines) is 1. The molecule has 0 aliphatic carbocycles. The van der Waals surface area contributed by atoms with Gasteiger partial charge in [0.15, 0.2) is 0 Å². The normalized spacial score (nSPS) is 18.4. The molecule has 0 radical (unpaired) electrons. The fourth-order valence-corrected chi connectivity index (χ4v) is 2.57. The Morgan fingerprint density at radius 2 is 2.09 bits per heavy atom. The molecule has 1 aliphatic rings. The highest BCUT2D eigenvalue weighted by Crippen LogP contribution is 2.22. The smallest absolute Gasteiger partial charge is 0.410 e. The lowest BCUT2D eigenvalue weighted by molar-refractivity contribution is -0.122. The summed E-state index contributed by atoms with van der Waals surface area (Å²) in [5.74, 6) is -0.176. The Morgan fingerprint density at radius 1 is 1.35 bits per heavy atom. The van der Waals surface area contributed by atoms with Crippen LogP contribution in [0.3, 0.4) is 0 Å². The van der Waals surface area contributed by atoms with E-state index in [9.17, 15) is 9.59 Å². The summed E-state index contributed by atoms with van der Waals surface area (Å²) in [6, 6.07) is 1.26. The van der Waals surface area contributed by atoms with Gasteiger partial charge in [0.1, 0.15) is 11.6 Å². The van der Waals surface area contributed by atoms with Gasteiger partial charge >= 0.3 is 6.09 Å². The van der Waals surface area contributed by atoms with Gasteiger partial charge in [0, 0.05) is 24.6 Å². The van der Waals surface area contributed by atoms with Crippen molar-refractivity contribution < 1.29 is 14.3 Å². The first kappa shape index (κ1) is 17.2. The van der Waals surface area contributed by atoms with Gasteiger partial charge in [-0.15, -0.1) is 0 Å². The molecule has 2 heterocycles. The molecule has 1 N–H and O–H groups in total. The largest absolute Gasteiger partial charge is 0.444 e. The van der Waals surface area contributed by atoms with E-state index in [0.29, 0.717) is 13.0 Å². The molecule has 0 spiro atoms. The molecule has 6 nitrogen and oxygen atoms in total. The number of pyridine rings is 1. The van der Waals surface area contributed by atoms with Crippen LogP contribution in [0.2, 0.25) is 0 Å². The third-order valence-corrected chi connectivity index (χ3v) is 3.71. The number of carbonyl (C=O) groups excluding carboxylic acids is 2. The van der Waals surface area contributed by atoms with Crippen LogP contribution in [0, 0.1) is 6.92 Å². The number of amides is 2. The summed E-state index contributed by atoms with van der Waals surface area (Å²) in [5.41, 5.74) is 1.04. The topological polar surface area (TPSA) is 71.5 Å². The van der Waals surface area contributed by atoms with Crippen LogP contribution in [0.5, 0.6) is 0 Å². The van der Waals surface area contributed by atoms with E-state index in [4.69, 9.17) is 4.74 Å². The average Bonchev–Trinajstić information content (AvgIpc) is 2.48. The Labute approximate surface area is 137 Å². The molecule has 2 amide bonds. The molecule has 0 bridgehead atoms. The Balaban J connectivity index is 2.10. The second-order valence-electron chi connectivity index (χ2n) is 6.87. The number of aryl methyl sites for hydroxylation is 1. The molecule has 23 heavy (non-hydrogen) atoms. The number of carbonyl (C=O) groups is 2. The molecule has 6 heteroatoms. The van der Waals surface area contributed by atoms with Gasteiger partial charge in [-0.25, -0.2) is 4.79 Å². The minimum atomic E-state index is -0.572. The highest BCUT2D eigenvalue weighted by molar-refractivity contribution is 5.97. The summed E-state index contributed by atoms with van der Waals surface area (Å²) in [4.78, 5) is 30.5. The minimum Gasteiger partial charge on any atom is -0.444 e. The van der Waals surface area contributed by atoms with Crippen molar-refractivity contribution in [2.45, 2.75) is 58.6 Å². The number of hydrogen-bond donors (Lipinski definition) is 1. The molecule has 1 aliphatic heterocycles. The molecule has 1 fully saturated rings. The molecule has 126 valence electrons. The van der Waals surface area contributed by atoms with Crippen molar-refractivity contribution in [3.8, 4) is 0 Å². The molecule has 2 rings (SSSR count). The van der Waals surface area contributed by atoms with Gasteiger partial charge in [-0.2, -0.15) is 0 Å². The molecule has 0 saturated carbocycles. The van der Waals surface area contributed by atoms with Gasteiger partial charge < -0.3 is 10.1 Å². The summed E-state index contributed by atoms with van der Waals surface area (Å²) in [6.45, 7) is 7.90. The zero-order valence-corrected chi connectivity index (χ0v) is 14.3. The van der Waals surface area contributed by atoms with Crippen LogP contribution in [-0.2, 0) is 9.53 Å². The quantitative estimate of drug-likeness (QED) is 0.909. The number of nitrogens with zero attached hydrogens (tertiary/aromatic N) is 2. The summed E-state index contributed by atoms with van der Waals surface area (Å²) in [5, 5.41) is 2.90. The predicted octanol–water partition coefficient (Wildman–Crippen LogP) is 3.12. The number of anilines is 1. The number of ether oxygens (including phenoxy) is 1. The lowest BCUT2D eigenvalue weighted by atomic mass is 10.0. The van der Waals surface area contributed by atoms with E-state index in [-0.39, 0.29) is 5.91 Å². The van der Waals surface area contributed by atoms with E-state index in [0.717, 1.165) is 24.1 Å². The molecule has 0 unspecified atom stereocenters. The van der Waals surface area contributed by atoms with E-state index >= 15 is 0 Å². The number of piperidine rings is 1. The third kappa shape index (κ3) is 4.68. The number of rotatable bonds is 2. The highest BCUT2D eigenvalue weighted by atomic mass is 16.6. The van der Waals surface area contributed by atoms with Gasteiger partial charge in [-0.3, -0.25) is 14.7 Å². The van der Waals surface area contributed by atoms with Crippen LogP contribution >= 0.6 is 0 Å². The second kappa shape index (κ2) is 6.98. The number of hydrogen-bond acceptors (Lipinski definition) is 4. The van der Waals surface area contributed by atoms with Crippen molar-refractivity contribution in [2.75, 3.05) is 11.9 Å². The van der Waals surface area contributed by atoms with E-state index < -0.39 is 17.7 Å². The van der Waals surface area contributed by atoms with Gasteiger partial charge in [-0.05, 0) is 58.6 Å². The maximum Gasteiger partial charge on any atom is 0.410 e. The molecule has 1 atom stereocenters. The maximum atomic E-state index is 12.6. The van der Waals surface area contributed by atoms with Crippen LogP contribution in [0.15, 0.2) is 18.5 Å². The fourth-order valence-electron chi connectivity index (χ4n) is 2.57. The molecular weight excluding hydrogens is 294 g/mol. The summed E-state index contributed by atoms with van der Waals surface area (Å²) < 4.78 is 5.43. The third-order valence-electron chi connectivity index (χ3n) is 3.71. The number of nitrogens with one attached hydrogen (secondary N) is 1. The van der Waals surface area contributed by atoms with E-state index in [1.54, 1.807) is 23.4 Å². The lowest BCUT2D eigenvalue weighted by Gasteiger charge is -2.35. The molecule has 1 saturated heterocycles. The molecule has 1 aromatic heterocycles. The van der Waals surface area contributed by atoms with Crippen molar-refractivity contribution in [1.82, 2.24) is 9.88 Å². The van der Waals surface area contributed by atoms with Crippen LogP contribution in [0.4, 0.5) is 10.5 Å². The standard InChI is InChI=1S/C17H25N3O3/c1-12-11-18-9-8-13(12)19-15(21)14-7-5-6-10-20(14)16(22)23-17(2,3)4/h8-9,11,14H,5-7,10H2,1-4H3,(H,18,19,21)/t14-/m0/s1. The van der Waals surface area contributed by atoms with Gasteiger partial charge in [0.2, 0.25) is 5.91 Å². The van der Waals surface area contributed by atoms with Crippen molar-refractivity contribution in [3.63, 3.8) is 0 Å². The van der Waals surface area contributed by atoms with E-state index in [1.165, 1.54) is 0 Å². The van der Waals surface area contributed by atoms with E-state index in [1.807, 2.05) is 27.7 Å². The zero-order chi connectivity index (χ0) is 17.0. The Hall–Kier alpha value is -2.11. The van der Waals surface area contributed by atoms with Gasteiger partial charge in [0.25, 0.3) is 0 Å². The highest BCUT2D eigenvalue weighted by Gasteiger charge is 2.34. The van der Waals surface area contributed by atoms with Crippen LogP contribution in [0.25, 0.3) is 0 Å². The van der Waals surface area contributed by atoms with Crippen LogP contribution in [-0.4, -0.2) is 40.1 Å². The van der Waals surface area contributed by atoms with Gasteiger partial charge in [-0.1, -0.05) is 0 Å². The summed E-state index contributed by atoms with van der Waals surface area (Å²) >= 11 is 0. The Kier molecular flexibility index (Phi) is 5.23. The summed E-state index contributed by atoms with van der Waals surface area (Å²) in [6.07, 6.45) is 5.36. The van der Waals surface area contributed by atoms with E-state index in [2.05, 4.69) is 10.3 Å². The first-order valence-corrected chi connectivity index (χ1v) is 7.99. The monoisotopic (exact) mass is 319 g/mol. The lowest BCUT2D eigenvalue weighted by Crippen LogP contribution is -2.51. The Bertz CT molecular complexity index is 581. The van der Waals surface area contributed by atoms with Gasteiger partial charge in [0.05, 0.1) is 0 Å². The van der Waals surface area contributed by atoms with Crippen molar-refractivity contribution in [3.05, 3.63) is 24.0 Å². The molecular formula is C17H25N3O3. The van der Waals surface area contributed by atoms with Crippen molar-refractivity contribution in [2.24, 2.45) is 0 Å². The SMILES string of the molecule is Cc1cnccc1NC(=O)[C@@H]1CCCCN1C(=O)OC(C)(C)C. The molecule has 1 aromatic rings. The minimum absolute atomic E-state index is 0.176. The second-order valence-corrected chi connectivity index (χ2v) is 6.87. The zero-order valence-electron chi connectivity index (χ0n) is 14.3. The fraction of sp³-hybridized carbons (Fsp3) is 0.588. The molecule has 0 aromatic carbocycles. The van der Waals surface area contributed by atoms with Crippen LogP contribution < -0.4 is 5.32 Å². The Morgan fingerprint density at radius 3 is 2.74 bits per heavy atom. The van der Waals surface area contributed by atoms with Crippen molar-refractivity contribution in [1.29, 1.82) is 0 Å². The number of aromatic nitrogens is 1.